The van der Waals surface area contributed by atoms with Gasteiger partial charge in [-0.3, -0.25) is 0 Å². The van der Waals surface area contributed by atoms with E-state index in [2.05, 4.69) is 49.4 Å². The molecule has 0 atom stereocenters. The standard InChI is InChI=1S/C18H13NS/c1-13-6-9-18(20-13)11-17(12-19)16-8-7-14-4-2-3-5-15(14)10-16/h2-11H,1H3. The third kappa shape index (κ3) is 2.49. The zero-order chi connectivity index (χ0) is 13.9. The van der Waals surface area contributed by atoms with Gasteiger partial charge < -0.3 is 0 Å². The van der Waals surface area contributed by atoms with Crippen LogP contribution >= 0.6 is 11.3 Å². The van der Waals surface area contributed by atoms with Crippen molar-refractivity contribution in [3.8, 4) is 6.07 Å². The first-order valence-corrected chi connectivity index (χ1v) is 7.25. The minimum absolute atomic E-state index is 0.706. The topological polar surface area (TPSA) is 23.8 Å². The van der Waals surface area contributed by atoms with Gasteiger partial charge in [0.15, 0.2) is 0 Å². The second-order valence-corrected chi connectivity index (χ2v) is 6.00. The SMILES string of the molecule is Cc1ccc(C=C(C#N)c2ccc3ccccc3c2)s1. The molecule has 0 unspecified atom stereocenters. The van der Waals surface area contributed by atoms with Gasteiger partial charge >= 0.3 is 0 Å². The van der Waals surface area contributed by atoms with E-state index in [0.29, 0.717) is 5.57 Å². The Morgan fingerprint density at radius 2 is 1.85 bits per heavy atom. The maximum atomic E-state index is 9.41. The van der Waals surface area contributed by atoms with Crippen molar-refractivity contribution in [3.63, 3.8) is 0 Å². The highest BCUT2D eigenvalue weighted by Gasteiger charge is 2.03. The highest BCUT2D eigenvalue weighted by molar-refractivity contribution is 7.12. The summed E-state index contributed by atoms with van der Waals surface area (Å²) in [6.07, 6.45) is 1.96. The Bertz CT molecular complexity index is 834. The molecule has 96 valence electrons. The fourth-order valence-corrected chi connectivity index (χ4v) is 3.03. The number of nitrogens with zero attached hydrogens (tertiary/aromatic N) is 1. The summed E-state index contributed by atoms with van der Waals surface area (Å²) in [6.45, 7) is 2.07. The fraction of sp³-hybridized carbons (Fsp3) is 0.0556. The van der Waals surface area contributed by atoms with Gasteiger partial charge in [0.2, 0.25) is 0 Å². The quantitative estimate of drug-likeness (QED) is 0.584. The Morgan fingerprint density at radius 1 is 1.05 bits per heavy atom. The molecule has 0 radical (unpaired) electrons. The van der Waals surface area contributed by atoms with Crippen molar-refractivity contribution in [3.05, 3.63) is 69.9 Å². The zero-order valence-corrected chi connectivity index (χ0v) is 11.9. The van der Waals surface area contributed by atoms with Crippen molar-refractivity contribution < 1.29 is 0 Å². The number of nitriles is 1. The molecule has 1 aromatic heterocycles. The summed E-state index contributed by atoms with van der Waals surface area (Å²) in [5.41, 5.74) is 1.68. The van der Waals surface area contributed by atoms with Gasteiger partial charge in [-0.1, -0.05) is 36.4 Å². The molecule has 0 fully saturated rings. The van der Waals surface area contributed by atoms with Crippen LogP contribution in [0.4, 0.5) is 0 Å². The number of hydrogen-bond donors (Lipinski definition) is 0. The Balaban J connectivity index is 2.07. The van der Waals surface area contributed by atoms with Crippen LogP contribution < -0.4 is 0 Å². The number of hydrogen-bond acceptors (Lipinski definition) is 2. The van der Waals surface area contributed by atoms with Crippen LogP contribution in [0.25, 0.3) is 22.4 Å². The molecule has 0 bridgehead atoms. The van der Waals surface area contributed by atoms with Crippen LogP contribution in [0, 0.1) is 18.3 Å². The molecule has 20 heavy (non-hydrogen) atoms. The molecule has 2 aromatic carbocycles. The molecule has 0 N–H and O–H groups in total. The van der Waals surface area contributed by atoms with Crippen LogP contribution in [-0.2, 0) is 0 Å². The smallest absolute Gasteiger partial charge is 0.0998 e. The van der Waals surface area contributed by atoms with Crippen molar-refractivity contribution in [2.75, 3.05) is 0 Å². The maximum absolute atomic E-state index is 9.41. The first-order chi connectivity index (χ1) is 9.76. The van der Waals surface area contributed by atoms with E-state index in [4.69, 9.17) is 0 Å². The Morgan fingerprint density at radius 3 is 2.55 bits per heavy atom. The molecule has 2 heteroatoms. The second kappa shape index (κ2) is 5.32. The summed E-state index contributed by atoms with van der Waals surface area (Å²) >= 11 is 1.70. The van der Waals surface area contributed by atoms with Crippen LogP contribution in [0.5, 0.6) is 0 Å². The predicted molar refractivity (Wildman–Crippen MR) is 86.5 cm³/mol. The minimum Gasteiger partial charge on any atom is -0.192 e. The van der Waals surface area contributed by atoms with Crippen LogP contribution in [-0.4, -0.2) is 0 Å². The molecule has 1 nitrogen and oxygen atoms in total. The predicted octanol–water partition coefficient (Wildman–Crippen LogP) is 5.27. The van der Waals surface area contributed by atoms with Gasteiger partial charge in [-0.05, 0) is 47.5 Å². The van der Waals surface area contributed by atoms with Gasteiger partial charge in [-0.25, -0.2) is 0 Å². The summed E-state index contributed by atoms with van der Waals surface area (Å²) in [7, 11) is 0. The number of thiophene rings is 1. The molecule has 3 rings (SSSR count). The summed E-state index contributed by atoms with van der Waals surface area (Å²) in [5, 5.41) is 11.8. The third-order valence-electron chi connectivity index (χ3n) is 3.23. The first kappa shape index (κ1) is 12.7. The molecular formula is C18H13NS. The van der Waals surface area contributed by atoms with E-state index in [1.807, 2.05) is 24.3 Å². The van der Waals surface area contributed by atoms with E-state index in [1.54, 1.807) is 11.3 Å². The van der Waals surface area contributed by atoms with Crippen LogP contribution in [0.15, 0.2) is 54.6 Å². The third-order valence-corrected chi connectivity index (χ3v) is 4.18. The van der Waals surface area contributed by atoms with E-state index < -0.39 is 0 Å². The second-order valence-electron chi connectivity index (χ2n) is 4.68. The molecule has 0 saturated heterocycles. The van der Waals surface area contributed by atoms with Crippen molar-refractivity contribution in [1.29, 1.82) is 5.26 Å². The lowest BCUT2D eigenvalue weighted by molar-refractivity contribution is 1.53. The number of fused-ring (bicyclic) bond motifs is 1. The van der Waals surface area contributed by atoms with E-state index >= 15 is 0 Å². The van der Waals surface area contributed by atoms with Gasteiger partial charge in [-0.15, -0.1) is 11.3 Å². The van der Waals surface area contributed by atoms with Gasteiger partial charge in [0.25, 0.3) is 0 Å². The molecule has 0 amide bonds. The fourth-order valence-electron chi connectivity index (χ4n) is 2.21. The average molecular weight is 275 g/mol. The molecule has 1 heterocycles. The number of allylic oxidation sites excluding steroid dienone is 1. The van der Waals surface area contributed by atoms with Crippen molar-refractivity contribution >= 4 is 33.8 Å². The number of aryl methyl sites for hydroxylation is 1. The summed E-state index contributed by atoms with van der Waals surface area (Å²) in [6, 6.07) is 20.8. The molecule has 3 aromatic rings. The van der Waals surface area contributed by atoms with Crippen LogP contribution in [0.2, 0.25) is 0 Å². The lowest BCUT2D eigenvalue weighted by atomic mass is 10.0. The highest BCUT2D eigenvalue weighted by atomic mass is 32.1. The van der Waals surface area contributed by atoms with Crippen molar-refractivity contribution in [1.82, 2.24) is 0 Å². The molecule has 0 aliphatic carbocycles. The average Bonchev–Trinajstić information content (AvgIpc) is 2.89. The number of rotatable bonds is 2. The normalized spacial score (nSPS) is 11.5. The van der Waals surface area contributed by atoms with Gasteiger partial charge in [0.1, 0.15) is 0 Å². The van der Waals surface area contributed by atoms with E-state index in [0.717, 1.165) is 15.8 Å². The molecular weight excluding hydrogens is 262 g/mol. The summed E-state index contributed by atoms with van der Waals surface area (Å²) in [5.74, 6) is 0. The van der Waals surface area contributed by atoms with E-state index in [1.165, 1.54) is 10.3 Å². The highest BCUT2D eigenvalue weighted by Crippen LogP contribution is 2.25. The van der Waals surface area contributed by atoms with Gasteiger partial charge in [0.05, 0.1) is 11.6 Å². The van der Waals surface area contributed by atoms with Crippen molar-refractivity contribution in [2.24, 2.45) is 0 Å². The largest absolute Gasteiger partial charge is 0.192 e. The number of benzene rings is 2. The van der Waals surface area contributed by atoms with Crippen molar-refractivity contribution in [2.45, 2.75) is 6.92 Å². The molecule has 0 aliphatic rings. The Labute approximate surface area is 122 Å². The molecule has 0 saturated carbocycles. The first-order valence-electron chi connectivity index (χ1n) is 6.44. The molecule has 0 spiro atoms. The summed E-state index contributed by atoms with van der Waals surface area (Å²) < 4.78 is 0. The van der Waals surface area contributed by atoms with Crippen LogP contribution in [0.3, 0.4) is 0 Å². The zero-order valence-electron chi connectivity index (χ0n) is 11.1. The lowest BCUT2D eigenvalue weighted by Gasteiger charge is -2.02. The van der Waals surface area contributed by atoms with Gasteiger partial charge in [-0.2, -0.15) is 5.26 Å². The Kier molecular flexibility index (Phi) is 3.37. The summed E-state index contributed by atoms with van der Waals surface area (Å²) in [4.78, 5) is 2.37. The molecule has 0 aliphatic heterocycles. The van der Waals surface area contributed by atoms with Gasteiger partial charge in [0, 0.05) is 9.75 Å². The Hall–Kier alpha value is -2.37. The minimum atomic E-state index is 0.706. The van der Waals surface area contributed by atoms with Crippen LogP contribution in [0.1, 0.15) is 15.3 Å². The lowest BCUT2D eigenvalue weighted by Crippen LogP contribution is -1.82. The maximum Gasteiger partial charge on any atom is 0.0998 e. The van der Waals surface area contributed by atoms with E-state index in [-0.39, 0.29) is 0 Å². The van der Waals surface area contributed by atoms with E-state index in [9.17, 15) is 5.26 Å². The monoisotopic (exact) mass is 275 g/mol.